The number of nitrogens with one attached hydrogen (secondary N) is 2. The quantitative estimate of drug-likeness (QED) is 0.322. The molecule has 10 heteroatoms. The number of carbonyl (C=O) groups excluding carboxylic acids is 2. The average molecular weight is 531 g/mol. The number of halogens is 1. The van der Waals surface area contributed by atoms with Gasteiger partial charge < -0.3 is 29.6 Å². The van der Waals surface area contributed by atoms with Crippen LogP contribution in [0.2, 0.25) is 5.02 Å². The number of methoxy groups -OCH3 is 4. The summed E-state index contributed by atoms with van der Waals surface area (Å²) >= 11 is 7.54. The van der Waals surface area contributed by atoms with Crippen LogP contribution in [0.5, 0.6) is 23.0 Å². The van der Waals surface area contributed by atoms with E-state index in [0.717, 1.165) is 4.90 Å². The summed E-state index contributed by atoms with van der Waals surface area (Å²) in [7, 11) is 5.98. The highest BCUT2D eigenvalue weighted by atomic mass is 35.5. The van der Waals surface area contributed by atoms with Crippen molar-refractivity contribution in [3.8, 4) is 23.0 Å². The number of hydrogen-bond donors (Lipinski definition) is 2. The van der Waals surface area contributed by atoms with Gasteiger partial charge >= 0.3 is 0 Å². The third kappa shape index (κ3) is 6.35. The smallest absolute Gasteiger partial charge is 0.263 e. The molecule has 2 amide bonds. The summed E-state index contributed by atoms with van der Waals surface area (Å²) in [6.45, 7) is 1.78. The van der Waals surface area contributed by atoms with Crippen LogP contribution in [0.1, 0.15) is 17.3 Å². The van der Waals surface area contributed by atoms with Crippen molar-refractivity contribution in [2.75, 3.05) is 39.1 Å². The van der Waals surface area contributed by atoms with E-state index in [1.165, 1.54) is 40.2 Å². The number of amides is 2. The second-order valence-corrected chi connectivity index (χ2v) is 9.28. The van der Waals surface area contributed by atoms with Crippen LogP contribution in [-0.4, -0.2) is 45.5 Å². The summed E-state index contributed by atoms with van der Waals surface area (Å²) in [5.41, 5.74) is 1.29. The van der Waals surface area contributed by atoms with Gasteiger partial charge in [-0.25, -0.2) is 0 Å². The molecule has 1 atom stereocenters. The zero-order chi connectivity index (χ0) is 26.2. The van der Waals surface area contributed by atoms with Crippen molar-refractivity contribution in [2.45, 2.75) is 17.1 Å². The fourth-order valence-corrected chi connectivity index (χ4v) is 4.53. The zero-order valence-corrected chi connectivity index (χ0v) is 22.1. The van der Waals surface area contributed by atoms with Gasteiger partial charge in [-0.2, -0.15) is 0 Å². The van der Waals surface area contributed by atoms with E-state index in [-0.39, 0.29) is 11.8 Å². The molecule has 0 saturated heterocycles. The van der Waals surface area contributed by atoms with Gasteiger partial charge in [0, 0.05) is 16.6 Å². The van der Waals surface area contributed by atoms with Gasteiger partial charge in [0.15, 0.2) is 0 Å². The third-order valence-electron chi connectivity index (χ3n) is 5.16. The van der Waals surface area contributed by atoms with E-state index < -0.39 is 5.25 Å². The molecule has 2 N–H and O–H groups in total. The van der Waals surface area contributed by atoms with Gasteiger partial charge in [0.2, 0.25) is 5.91 Å². The molecular weight excluding hydrogens is 504 g/mol. The normalized spacial score (nSPS) is 11.3. The van der Waals surface area contributed by atoms with Crippen molar-refractivity contribution in [2.24, 2.45) is 0 Å². The Bertz CT molecular complexity index is 1230. The van der Waals surface area contributed by atoms with Crippen LogP contribution in [0.4, 0.5) is 11.4 Å². The predicted molar refractivity (Wildman–Crippen MR) is 142 cm³/mol. The summed E-state index contributed by atoms with van der Waals surface area (Å²) in [6.07, 6.45) is 0. The molecule has 0 spiro atoms. The van der Waals surface area contributed by atoms with Crippen LogP contribution >= 0.6 is 23.4 Å². The molecule has 3 aromatic rings. The van der Waals surface area contributed by atoms with E-state index in [1.807, 2.05) is 6.07 Å². The van der Waals surface area contributed by atoms with Gasteiger partial charge in [-0.15, -0.1) is 11.8 Å². The minimum absolute atomic E-state index is 0.243. The lowest BCUT2D eigenvalue weighted by molar-refractivity contribution is -0.115. The first-order valence-corrected chi connectivity index (χ1v) is 12.1. The van der Waals surface area contributed by atoms with E-state index in [2.05, 4.69) is 10.6 Å². The van der Waals surface area contributed by atoms with Crippen molar-refractivity contribution < 1.29 is 28.5 Å². The van der Waals surface area contributed by atoms with Crippen molar-refractivity contribution in [1.29, 1.82) is 0 Å². The summed E-state index contributed by atoms with van der Waals surface area (Å²) in [4.78, 5) is 26.7. The molecule has 0 aliphatic carbocycles. The number of thioether (sulfide) groups is 1. The van der Waals surface area contributed by atoms with E-state index >= 15 is 0 Å². The first-order valence-electron chi connectivity index (χ1n) is 10.8. The van der Waals surface area contributed by atoms with Crippen molar-refractivity contribution in [1.82, 2.24) is 0 Å². The Morgan fingerprint density at radius 1 is 0.806 bits per heavy atom. The van der Waals surface area contributed by atoms with Gasteiger partial charge in [-0.05, 0) is 43.3 Å². The summed E-state index contributed by atoms with van der Waals surface area (Å²) < 4.78 is 21.2. The van der Waals surface area contributed by atoms with E-state index in [0.29, 0.717) is 45.0 Å². The minimum atomic E-state index is -0.462. The molecule has 0 aliphatic rings. The molecule has 1 unspecified atom stereocenters. The monoisotopic (exact) mass is 530 g/mol. The van der Waals surface area contributed by atoms with Crippen LogP contribution in [0.3, 0.4) is 0 Å². The standard InChI is InChI=1S/C26H27ClN2O6S/c1-15(25(30)29-19-13-18(27)22(34-4)14-23(19)35-5)36-17-9-6-8-16(12-17)28-26(31)24-20(32-2)10-7-11-21(24)33-3/h6-15H,1-5H3,(H,28,31)(H,29,30). The van der Waals surface area contributed by atoms with Gasteiger partial charge in [0.1, 0.15) is 28.6 Å². The number of carbonyl (C=O) groups is 2. The highest BCUT2D eigenvalue weighted by molar-refractivity contribution is 8.00. The predicted octanol–water partition coefficient (Wildman–Crippen LogP) is 5.75. The Balaban J connectivity index is 1.72. The Labute approximate surface area is 219 Å². The lowest BCUT2D eigenvalue weighted by atomic mass is 10.1. The molecule has 0 radical (unpaired) electrons. The third-order valence-corrected chi connectivity index (χ3v) is 6.55. The molecule has 0 heterocycles. The molecule has 0 aliphatic heterocycles. The fraction of sp³-hybridized carbons (Fsp3) is 0.231. The molecule has 3 aromatic carbocycles. The molecule has 0 bridgehead atoms. The van der Waals surface area contributed by atoms with Gasteiger partial charge in [0.25, 0.3) is 5.91 Å². The van der Waals surface area contributed by atoms with Crippen molar-refractivity contribution in [3.05, 3.63) is 65.2 Å². The second kappa shape index (κ2) is 12.4. The minimum Gasteiger partial charge on any atom is -0.496 e. The number of anilines is 2. The Morgan fingerprint density at radius 2 is 1.42 bits per heavy atom. The molecule has 0 saturated carbocycles. The zero-order valence-electron chi connectivity index (χ0n) is 20.5. The molecule has 8 nitrogen and oxygen atoms in total. The summed E-state index contributed by atoms with van der Waals surface area (Å²) in [6, 6.07) is 15.5. The topological polar surface area (TPSA) is 95.1 Å². The lowest BCUT2D eigenvalue weighted by Gasteiger charge is -2.16. The maximum atomic E-state index is 13.0. The number of hydrogen-bond acceptors (Lipinski definition) is 7. The highest BCUT2D eigenvalue weighted by Gasteiger charge is 2.20. The van der Waals surface area contributed by atoms with Gasteiger partial charge in [-0.3, -0.25) is 9.59 Å². The first-order chi connectivity index (χ1) is 17.3. The van der Waals surface area contributed by atoms with Crippen molar-refractivity contribution in [3.63, 3.8) is 0 Å². The average Bonchev–Trinajstić information content (AvgIpc) is 2.88. The maximum absolute atomic E-state index is 13.0. The summed E-state index contributed by atoms with van der Waals surface area (Å²) in [5, 5.41) is 5.60. The van der Waals surface area contributed by atoms with Crippen LogP contribution in [0, 0.1) is 0 Å². The largest absolute Gasteiger partial charge is 0.496 e. The molecule has 0 aromatic heterocycles. The highest BCUT2D eigenvalue weighted by Crippen LogP contribution is 2.37. The van der Waals surface area contributed by atoms with E-state index in [9.17, 15) is 9.59 Å². The van der Waals surface area contributed by atoms with E-state index in [4.69, 9.17) is 30.5 Å². The molecule has 0 fully saturated rings. The molecule has 190 valence electrons. The van der Waals surface area contributed by atoms with Gasteiger partial charge in [-0.1, -0.05) is 23.7 Å². The Kier molecular flexibility index (Phi) is 9.32. The molecule has 36 heavy (non-hydrogen) atoms. The van der Waals surface area contributed by atoms with Crippen molar-refractivity contribution >= 4 is 46.6 Å². The van der Waals surface area contributed by atoms with Crippen LogP contribution in [-0.2, 0) is 4.79 Å². The Hall–Kier alpha value is -3.56. The van der Waals surface area contributed by atoms with Crippen LogP contribution in [0.25, 0.3) is 0 Å². The SMILES string of the molecule is COc1cc(OC)c(NC(=O)C(C)Sc2cccc(NC(=O)c3c(OC)cccc3OC)c2)cc1Cl. The second-order valence-electron chi connectivity index (χ2n) is 7.46. The van der Waals surface area contributed by atoms with Crippen LogP contribution < -0.4 is 29.6 Å². The fourth-order valence-electron chi connectivity index (χ4n) is 3.37. The number of rotatable bonds is 10. The Morgan fingerprint density at radius 3 is 2.03 bits per heavy atom. The molecule has 3 rings (SSSR count). The number of ether oxygens (including phenoxy) is 4. The first kappa shape index (κ1) is 27.0. The van der Waals surface area contributed by atoms with Crippen LogP contribution in [0.15, 0.2) is 59.5 Å². The number of benzene rings is 3. The van der Waals surface area contributed by atoms with Gasteiger partial charge in [0.05, 0.1) is 44.4 Å². The summed E-state index contributed by atoms with van der Waals surface area (Å²) in [5.74, 6) is 1.05. The maximum Gasteiger partial charge on any atom is 0.263 e. The van der Waals surface area contributed by atoms with E-state index in [1.54, 1.807) is 55.5 Å². The lowest BCUT2D eigenvalue weighted by Crippen LogP contribution is -2.22. The molecular formula is C26H27ClN2O6S.